The molecule has 1 heterocycles. The number of anilines is 1. The Morgan fingerprint density at radius 2 is 1.78 bits per heavy atom. The molecule has 1 amide bonds. The summed E-state index contributed by atoms with van der Waals surface area (Å²) in [5.74, 6) is -0.560. The summed E-state index contributed by atoms with van der Waals surface area (Å²) in [7, 11) is 0. The largest absolute Gasteiger partial charge is 0.462 e. The molecule has 0 aliphatic heterocycles. The zero-order chi connectivity index (χ0) is 17.0. The standard InChI is InChI=1S/C18H22N2O3/c1-5-20(14-10-8-7-9-11-14)17(21)16-12(3)15(13(4)19-16)18(22)23-6-2/h7-11,19H,5-6H2,1-4H3. The molecule has 1 aromatic heterocycles. The lowest BCUT2D eigenvalue weighted by Gasteiger charge is -2.20. The molecule has 1 aromatic carbocycles. The van der Waals surface area contributed by atoms with Crippen LogP contribution in [0.2, 0.25) is 0 Å². The number of nitrogens with one attached hydrogen (secondary N) is 1. The van der Waals surface area contributed by atoms with Crippen LogP contribution < -0.4 is 4.90 Å². The highest BCUT2D eigenvalue weighted by atomic mass is 16.5. The van der Waals surface area contributed by atoms with E-state index in [9.17, 15) is 9.59 Å². The highest BCUT2D eigenvalue weighted by molar-refractivity contribution is 6.08. The minimum Gasteiger partial charge on any atom is -0.462 e. The van der Waals surface area contributed by atoms with Crippen LogP contribution >= 0.6 is 0 Å². The second kappa shape index (κ2) is 7.13. The number of hydrogen-bond donors (Lipinski definition) is 1. The van der Waals surface area contributed by atoms with Crippen molar-refractivity contribution >= 4 is 17.6 Å². The number of carbonyl (C=O) groups excluding carboxylic acids is 2. The van der Waals surface area contributed by atoms with Crippen molar-refractivity contribution in [3.63, 3.8) is 0 Å². The van der Waals surface area contributed by atoms with E-state index in [0.717, 1.165) is 5.69 Å². The molecule has 2 aromatic rings. The van der Waals surface area contributed by atoms with Crippen LogP contribution in [0.25, 0.3) is 0 Å². The van der Waals surface area contributed by atoms with Gasteiger partial charge >= 0.3 is 5.97 Å². The summed E-state index contributed by atoms with van der Waals surface area (Å²) in [6.07, 6.45) is 0. The van der Waals surface area contributed by atoms with E-state index < -0.39 is 5.97 Å². The number of rotatable bonds is 5. The number of carbonyl (C=O) groups is 2. The summed E-state index contributed by atoms with van der Waals surface area (Å²) < 4.78 is 5.07. The summed E-state index contributed by atoms with van der Waals surface area (Å²) >= 11 is 0. The van der Waals surface area contributed by atoms with Gasteiger partial charge in [0, 0.05) is 17.9 Å². The lowest BCUT2D eigenvalue weighted by atomic mass is 10.1. The van der Waals surface area contributed by atoms with E-state index in [-0.39, 0.29) is 5.91 Å². The molecular weight excluding hydrogens is 292 g/mol. The van der Waals surface area contributed by atoms with E-state index in [1.165, 1.54) is 0 Å². The predicted molar refractivity (Wildman–Crippen MR) is 90.0 cm³/mol. The summed E-state index contributed by atoms with van der Waals surface area (Å²) in [5, 5.41) is 0. The SMILES string of the molecule is CCOC(=O)c1c(C)[nH]c(C(=O)N(CC)c2ccccc2)c1C. The zero-order valence-corrected chi connectivity index (χ0v) is 14.0. The molecule has 0 saturated carbocycles. The number of aryl methyl sites for hydroxylation is 1. The number of H-pyrrole nitrogens is 1. The average molecular weight is 314 g/mol. The number of ether oxygens (including phenoxy) is 1. The normalized spacial score (nSPS) is 10.4. The van der Waals surface area contributed by atoms with Crippen LogP contribution in [0.5, 0.6) is 0 Å². The smallest absolute Gasteiger partial charge is 0.340 e. The first kappa shape index (κ1) is 16.8. The quantitative estimate of drug-likeness (QED) is 0.860. The fourth-order valence-electron chi connectivity index (χ4n) is 2.66. The molecule has 2 rings (SSSR count). The Labute approximate surface area is 136 Å². The Hall–Kier alpha value is -2.56. The van der Waals surface area contributed by atoms with Crippen molar-refractivity contribution in [2.24, 2.45) is 0 Å². The number of benzene rings is 1. The van der Waals surface area contributed by atoms with Crippen LogP contribution in [-0.2, 0) is 4.74 Å². The van der Waals surface area contributed by atoms with Gasteiger partial charge in [-0.05, 0) is 45.4 Å². The topological polar surface area (TPSA) is 62.4 Å². The Balaban J connectivity index is 2.40. The van der Waals surface area contributed by atoms with Crippen LogP contribution in [0.1, 0.15) is 46.0 Å². The fourth-order valence-corrected chi connectivity index (χ4v) is 2.66. The van der Waals surface area contributed by atoms with E-state index in [4.69, 9.17) is 4.74 Å². The van der Waals surface area contributed by atoms with Crippen molar-refractivity contribution in [2.45, 2.75) is 27.7 Å². The summed E-state index contributed by atoms with van der Waals surface area (Å²) in [4.78, 5) is 29.7. The second-order valence-corrected chi connectivity index (χ2v) is 5.23. The number of amides is 1. The molecule has 0 atom stereocenters. The minimum atomic E-state index is -0.402. The van der Waals surface area contributed by atoms with Crippen molar-refractivity contribution in [1.29, 1.82) is 0 Å². The average Bonchev–Trinajstić information content (AvgIpc) is 2.84. The van der Waals surface area contributed by atoms with Gasteiger partial charge in [0.05, 0.1) is 12.2 Å². The number of para-hydroxylation sites is 1. The molecule has 5 heteroatoms. The van der Waals surface area contributed by atoms with Crippen LogP contribution in [0.3, 0.4) is 0 Å². The molecule has 0 saturated heterocycles. The molecule has 1 N–H and O–H groups in total. The number of hydrogen-bond acceptors (Lipinski definition) is 3. The van der Waals surface area contributed by atoms with Gasteiger partial charge in [-0.1, -0.05) is 18.2 Å². The van der Waals surface area contributed by atoms with Crippen molar-refractivity contribution in [2.75, 3.05) is 18.1 Å². The first-order chi connectivity index (χ1) is 11.0. The highest BCUT2D eigenvalue weighted by Crippen LogP contribution is 2.23. The third kappa shape index (κ3) is 3.28. The molecule has 0 aliphatic carbocycles. The zero-order valence-electron chi connectivity index (χ0n) is 14.0. The van der Waals surface area contributed by atoms with Gasteiger partial charge in [-0.25, -0.2) is 4.79 Å². The van der Waals surface area contributed by atoms with Gasteiger partial charge < -0.3 is 14.6 Å². The Morgan fingerprint density at radius 3 is 2.35 bits per heavy atom. The lowest BCUT2D eigenvalue weighted by molar-refractivity contribution is 0.0525. The second-order valence-electron chi connectivity index (χ2n) is 5.23. The van der Waals surface area contributed by atoms with Crippen molar-refractivity contribution in [3.8, 4) is 0 Å². The van der Waals surface area contributed by atoms with Crippen LogP contribution in [0.15, 0.2) is 30.3 Å². The lowest BCUT2D eigenvalue weighted by Crippen LogP contribution is -2.31. The molecule has 23 heavy (non-hydrogen) atoms. The molecule has 0 unspecified atom stereocenters. The number of aromatic amines is 1. The van der Waals surface area contributed by atoms with Gasteiger partial charge in [0.15, 0.2) is 0 Å². The van der Waals surface area contributed by atoms with Crippen LogP contribution in [0.4, 0.5) is 5.69 Å². The minimum absolute atomic E-state index is 0.158. The van der Waals surface area contributed by atoms with Gasteiger partial charge in [0.1, 0.15) is 5.69 Å². The predicted octanol–water partition coefficient (Wildman–Crippen LogP) is 3.47. The maximum atomic E-state index is 12.9. The van der Waals surface area contributed by atoms with Gasteiger partial charge in [-0.15, -0.1) is 0 Å². The van der Waals surface area contributed by atoms with Crippen molar-refractivity contribution < 1.29 is 14.3 Å². The van der Waals surface area contributed by atoms with E-state index in [1.807, 2.05) is 37.3 Å². The maximum Gasteiger partial charge on any atom is 0.340 e. The molecule has 0 spiro atoms. The maximum absolute atomic E-state index is 12.9. The third-order valence-electron chi connectivity index (χ3n) is 3.76. The Kier molecular flexibility index (Phi) is 5.21. The molecule has 0 radical (unpaired) electrons. The highest BCUT2D eigenvalue weighted by Gasteiger charge is 2.25. The van der Waals surface area contributed by atoms with Crippen LogP contribution in [0, 0.1) is 13.8 Å². The molecule has 122 valence electrons. The number of aromatic nitrogens is 1. The molecule has 0 fully saturated rings. The first-order valence-electron chi connectivity index (χ1n) is 7.74. The number of esters is 1. The van der Waals surface area contributed by atoms with Crippen molar-refractivity contribution in [1.82, 2.24) is 4.98 Å². The molecule has 0 aliphatic rings. The van der Waals surface area contributed by atoms with Gasteiger partial charge in [0.25, 0.3) is 5.91 Å². The number of nitrogens with zero attached hydrogens (tertiary/aromatic N) is 1. The van der Waals surface area contributed by atoms with Gasteiger partial charge in [-0.3, -0.25) is 4.79 Å². The van der Waals surface area contributed by atoms with E-state index >= 15 is 0 Å². The Morgan fingerprint density at radius 1 is 1.13 bits per heavy atom. The van der Waals surface area contributed by atoms with Gasteiger partial charge in [0.2, 0.25) is 0 Å². The summed E-state index contributed by atoms with van der Waals surface area (Å²) in [5.41, 5.74) is 2.97. The fraction of sp³-hybridized carbons (Fsp3) is 0.333. The summed E-state index contributed by atoms with van der Waals surface area (Å²) in [6, 6.07) is 9.46. The van der Waals surface area contributed by atoms with Crippen molar-refractivity contribution in [3.05, 3.63) is 52.8 Å². The third-order valence-corrected chi connectivity index (χ3v) is 3.76. The first-order valence-corrected chi connectivity index (χ1v) is 7.74. The van der Waals surface area contributed by atoms with E-state index in [0.29, 0.717) is 35.7 Å². The Bertz CT molecular complexity index is 705. The summed E-state index contributed by atoms with van der Waals surface area (Å²) in [6.45, 7) is 8.06. The van der Waals surface area contributed by atoms with Gasteiger partial charge in [-0.2, -0.15) is 0 Å². The molecular formula is C18H22N2O3. The monoisotopic (exact) mass is 314 g/mol. The molecule has 0 bridgehead atoms. The van der Waals surface area contributed by atoms with Crippen LogP contribution in [-0.4, -0.2) is 30.0 Å². The molecule has 5 nitrogen and oxygen atoms in total. The van der Waals surface area contributed by atoms with E-state index in [1.54, 1.807) is 25.7 Å². The van der Waals surface area contributed by atoms with E-state index in [2.05, 4.69) is 4.98 Å².